The van der Waals surface area contributed by atoms with Crippen molar-refractivity contribution < 1.29 is 14.3 Å². The second-order valence-electron chi connectivity index (χ2n) is 6.35. The Morgan fingerprint density at radius 3 is 2.41 bits per heavy atom. The molecule has 0 saturated heterocycles. The number of carbonyl (C=O) groups excluding carboxylic acids is 1. The lowest BCUT2D eigenvalue weighted by atomic mass is 10.1. The fourth-order valence-corrected chi connectivity index (χ4v) is 2.54. The molecule has 0 aliphatic rings. The van der Waals surface area contributed by atoms with Crippen molar-refractivity contribution in [3.05, 3.63) is 65.2 Å². The molecule has 0 saturated carbocycles. The zero-order valence-corrected chi connectivity index (χ0v) is 16.0. The van der Waals surface area contributed by atoms with Crippen molar-refractivity contribution in [3.8, 4) is 17.6 Å². The van der Waals surface area contributed by atoms with Crippen LogP contribution in [-0.2, 0) is 4.79 Å². The average molecular weight is 364 g/mol. The van der Waals surface area contributed by atoms with Crippen LogP contribution in [0.4, 0.5) is 0 Å². The minimum atomic E-state index is -0.421. The third-order valence-corrected chi connectivity index (χ3v) is 3.87. The fraction of sp³-hybridized carbons (Fsp3) is 0.273. The van der Waals surface area contributed by atoms with Crippen LogP contribution in [-0.4, -0.2) is 19.1 Å². The van der Waals surface area contributed by atoms with E-state index in [0.29, 0.717) is 17.1 Å². The van der Waals surface area contributed by atoms with Crippen LogP contribution in [0, 0.1) is 11.3 Å². The lowest BCUT2D eigenvalue weighted by molar-refractivity contribution is -0.117. The summed E-state index contributed by atoms with van der Waals surface area (Å²) in [7, 11) is 1.55. The van der Waals surface area contributed by atoms with E-state index in [9.17, 15) is 10.1 Å². The van der Waals surface area contributed by atoms with Crippen molar-refractivity contribution in [1.29, 1.82) is 5.26 Å². The maximum Gasteiger partial charge on any atom is 0.262 e. The standard InChI is InChI=1S/C22H24N2O3/c1-15(2)27-20-11-10-17(13-21(20)26-4)12-19(14-23)22(25)24-16(3)18-8-6-5-7-9-18/h5-13,15-16H,1-4H3,(H,24,25)/b19-12+/t16-/m1/s1. The Bertz CT molecular complexity index is 852. The van der Waals surface area contributed by atoms with Gasteiger partial charge in [-0.15, -0.1) is 0 Å². The summed E-state index contributed by atoms with van der Waals surface area (Å²) in [5.41, 5.74) is 1.68. The van der Waals surface area contributed by atoms with Gasteiger partial charge in [0.15, 0.2) is 11.5 Å². The van der Waals surface area contributed by atoms with E-state index in [1.807, 2.05) is 57.2 Å². The van der Waals surface area contributed by atoms with Gasteiger partial charge in [0.2, 0.25) is 0 Å². The van der Waals surface area contributed by atoms with E-state index in [4.69, 9.17) is 9.47 Å². The zero-order chi connectivity index (χ0) is 19.8. The Labute approximate surface area is 160 Å². The highest BCUT2D eigenvalue weighted by Gasteiger charge is 2.14. The topological polar surface area (TPSA) is 71.3 Å². The quantitative estimate of drug-likeness (QED) is 0.588. The summed E-state index contributed by atoms with van der Waals surface area (Å²) in [6, 6.07) is 16.6. The lowest BCUT2D eigenvalue weighted by Gasteiger charge is -2.15. The molecular weight excluding hydrogens is 340 g/mol. The summed E-state index contributed by atoms with van der Waals surface area (Å²) >= 11 is 0. The van der Waals surface area contributed by atoms with Gasteiger partial charge in [-0.2, -0.15) is 5.26 Å². The van der Waals surface area contributed by atoms with E-state index in [0.717, 1.165) is 5.56 Å². The molecule has 0 radical (unpaired) electrons. The number of benzene rings is 2. The van der Waals surface area contributed by atoms with Gasteiger partial charge >= 0.3 is 0 Å². The van der Waals surface area contributed by atoms with Gasteiger partial charge in [0.1, 0.15) is 11.6 Å². The lowest BCUT2D eigenvalue weighted by Crippen LogP contribution is -2.27. The van der Waals surface area contributed by atoms with Crippen molar-refractivity contribution in [2.45, 2.75) is 32.9 Å². The molecule has 0 aromatic heterocycles. The number of ether oxygens (including phenoxy) is 2. The smallest absolute Gasteiger partial charge is 0.262 e. The number of nitrogens with zero attached hydrogens (tertiary/aromatic N) is 1. The minimum absolute atomic E-state index is 0.0141. The number of amides is 1. The number of rotatable bonds is 7. The van der Waals surface area contributed by atoms with Crippen LogP contribution in [0.2, 0.25) is 0 Å². The molecule has 0 unspecified atom stereocenters. The minimum Gasteiger partial charge on any atom is -0.493 e. The van der Waals surface area contributed by atoms with Crippen molar-refractivity contribution in [2.75, 3.05) is 7.11 Å². The van der Waals surface area contributed by atoms with Crippen molar-refractivity contribution in [2.24, 2.45) is 0 Å². The molecule has 0 aliphatic heterocycles. The van der Waals surface area contributed by atoms with Crippen LogP contribution in [0.3, 0.4) is 0 Å². The van der Waals surface area contributed by atoms with Crippen LogP contribution in [0.5, 0.6) is 11.5 Å². The molecular formula is C22H24N2O3. The van der Waals surface area contributed by atoms with Gasteiger partial charge in [-0.05, 0) is 50.1 Å². The Balaban J connectivity index is 2.19. The first kappa shape index (κ1) is 20.1. The van der Waals surface area contributed by atoms with E-state index in [1.165, 1.54) is 6.08 Å². The molecule has 5 nitrogen and oxygen atoms in total. The molecule has 1 atom stereocenters. The van der Waals surface area contributed by atoms with Gasteiger partial charge in [0, 0.05) is 0 Å². The van der Waals surface area contributed by atoms with Gasteiger partial charge in [-0.25, -0.2) is 0 Å². The van der Waals surface area contributed by atoms with E-state index in [-0.39, 0.29) is 17.7 Å². The van der Waals surface area contributed by atoms with E-state index in [2.05, 4.69) is 5.32 Å². The molecule has 1 N–H and O–H groups in total. The van der Waals surface area contributed by atoms with E-state index >= 15 is 0 Å². The normalized spacial score (nSPS) is 12.2. The average Bonchev–Trinajstić information content (AvgIpc) is 2.67. The Morgan fingerprint density at radius 2 is 1.81 bits per heavy atom. The summed E-state index contributed by atoms with van der Waals surface area (Å²) in [5.74, 6) is 0.744. The SMILES string of the molecule is COc1cc(/C=C(\C#N)C(=O)N[C@H](C)c2ccccc2)ccc1OC(C)C. The van der Waals surface area contributed by atoms with Crippen molar-refractivity contribution >= 4 is 12.0 Å². The predicted molar refractivity (Wildman–Crippen MR) is 105 cm³/mol. The van der Waals surface area contributed by atoms with Gasteiger partial charge in [-0.1, -0.05) is 36.4 Å². The second kappa shape index (κ2) is 9.44. The van der Waals surface area contributed by atoms with E-state index < -0.39 is 5.91 Å². The molecule has 0 fully saturated rings. The third-order valence-electron chi connectivity index (χ3n) is 3.87. The molecule has 0 spiro atoms. The molecule has 2 rings (SSSR count). The number of nitrogens with one attached hydrogen (secondary N) is 1. The highest BCUT2D eigenvalue weighted by atomic mass is 16.5. The molecule has 1 amide bonds. The first-order chi connectivity index (χ1) is 12.9. The Kier molecular flexibility index (Phi) is 7.01. The number of carbonyl (C=O) groups is 1. The van der Waals surface area contributed by atoms with Gasteiger partial charge in [-0.3, -0.25) is 4.79 Å². The Morgan fingerprint density at radius 1 is 1.11 bits per heavy atom. The fourth-order valence-electron chi connectivity index (χ4n) is 2.54. The van der Waals surface area contributed by atoms with Crippen LogP contribution >= 0.6 is 0 Å². The van der Waals surface area contributed by atoms with Crippen LogP contribution in [0.25, 0.3) is 6.08 Å². The van der Waals surface area contributed by atoms with Gasteiger partial charge in [0.05, 0.1) is 19.3 Å². The summed E-state index contributed by atoms with van der Waals surface area (Å²) in [6.45, 7) is 5.74. The van der Waals surface area contributed by atoms with Gasteiger partial charge < -0.3 is 14.8 Å². The maximum atomic E-state index is 12.5. The molecule has 27 heavy (non-hydrogen) atoms. The number of methoxy groups -OCH3 is 1. The maximum absolute atomic E-state index is 12.5. The van der Waals surface area contributed by atoms with E-state index in [1.54, 1.807) is 25.3 Å². The zero-order valence-electron chi connectivity index (χ0n) is 16.0. The second-order valence-corrected chi connectivity index (χ2v) is 6.35. The summed E-state index contributed by atoms with van der Waals surface area (Å²) < 4.78 is 11.0. The summed E-state index contributed by atoms with van der Waals surface area (Å²) in [5, 5.41) is 12.3. The molecule has 140 valence electrons. The number of hydrogen-bond donors (Lipinski definition) is 1. The van der Waals surface area contributed by atoms with Crippen LogP contribution in [0.1, 0.15) is 37.9 Å². The third kappa shape index (κ3) is 5.61. The Hall–Kier alpha value is -3.26. The highest BCUT2D eigenvalue weighted by molar-refractivity contribution is 6.01. The highest BCUT2D eigenvalue weighted by Crippen LogP contribution is 2.29. The van der Waals surface area contributed by atoms with Crippen LogP contribution in [0.15, 0.2) is 54.1 Å². The van der Waals surface area contributed by atoms with Crippen molar-refractivity contribution in [1.82, 2.24) is 5.32 Å². The van der Waals surface area contributed by atoms with Crippen LogP contribution < -0.4 is 14.8 Å². The predicted octanol–water partition coefficient (Wildman–Crippen LogP) is 4.27. The monoisotopic (exact) mass is 364 g/mol. The summed E-state index contributed by atoms with van der Waals surface area (Å²) in [4.78, 5) is 12.5. The number of nitriles is 1. The molecule has 0 aliphatic carbocycles. The first-order valence-corrected chi connectivity index (χ1v) is 8.77. The molecule has 2 aromatic carbocycles. The molecule has 0 heterocycles. The van der Waals surface area contributed by atoms with Crippen molar-refractivity contribution in [3.63, 3.8) is 0 Å². The first-order valence-electron chi connectivity index (χ1n) is 8.77. The molecule has 2 aromatic rings. The molecule has 5 heteroatoms. The summed E-state index contributed by atoms with van der Waals surface area (Å²) in [6.07, 6.45) is 1.55. The van der Waals surface area contributed by atoms with Gasteiger partial charge in [0.25, 0.3) is 5.91 Å². The number of hydrogen-bond acceptors (Lipinski definition) is 4. The molecule has 0 bridgehead atoms. The largest absolute Gasteiger partial charge is 0.493 e.